The van der Waals surface area contributed by atoms with Gasteiger partial charge in [-0.25, -0.2) is 0 Å². The summed E-state index contributed by atoms with van der Waals surface area (Å²) in [5, 5.41) is 0. The Morgan fingerprint density at radius 2 is 1.90 bits per heavy atom. The molecule has 0 aromatic carbocycles. The molecular weight excluding hydrogens is 140 g/mol. The first-order valence-corrected chi connectivity index (χ1v) is 4.97. The standard InChI is InChI=1S/C9H19S/c1-3-4-5-6-9(2)7-8-10/h9H,3-8H2,1-2H3. The van der Waals surface area contributed by atoms with Gasteiger partial charge in [-0.3, -0.25) is 0 Å². The second kappa shape index (κ2) is 7.46. The lowest BCUT2D eigenvalue weighted by Crippen LogP contribution is -1.94. The molecule has 61 valence electrons. The summed E-state index contributed by atoms with van der Waals surface area (Å²) < 4.78 is 0. The lowest BCUT2D eigenvalue weighted by Gasteiger charge is -2.07. The summed E-state index contributed by atoms with van der Waals surface area (Å²) in [6.07, 6.45) is 6.74. The fourth-order valence-electron chi connectivity index (χ4n) is 1.09. The summed E-state index contributed by atoms with van der Waals surface area (Å²) in [5.41, 5.74) is 0. The van der Waals surface area contributed by atoms with Crippen molar-refractivity contribution in [2.75, 3.05) is 5.75 Å². The highest BCUT2D eigenvalue weighted by molar-refractivity contribution is 7.80. The van der Waals surface area contributed by atoms with E-state index >= 15 is 0 Å². The van der Waals surface area contributed by atoms with Crippen LogP contribution in [0.15, 0.2) is 0 Å². The fraction of sp³-hybridized carbons (Fsp3) is 1.00. The summed E-state index contributed by atoms with van der Waals surface area (Å²) >= 11 is 4.91. The molecule has 0 rings (SSSR count). The zero-order valence-electron chi connectivity index (χ0n) is 7.23. The van der Waals surface area contributed by atoms with E-state index in [4.69, 9.17) is 12.6 Å². The normalized spacial score (nSPS) is 13.5. The molecule has 0 bridgehead atoms. The van der Waals surface area contributed by atoms with Gasteiger partial charge < -0.3 is 0 Å². The van der Waals surface area contributed by atoms with Crippen LogP contribution < -0.4 is 0 Å². The van der Waals surface area contributed by atoms with E-state index in [9.17, 15) is 0 Å². The van der Waals surface area contributed by atoms with E-state index in [0.717, 1.165) is 11.7 Å². The van der Waals surface area contributed by atoms with Crippen molar-refractivity contribution in [2.24, 2.45) is 5.92 Å². The van der Waals surface area contributed by atoms with E-state index in [1.807, 2.05) is 0 Å². The molecule has 1 radical (unpaired) electrons. The molecule has 0 N–H and O–H groups in total. The summed E-state index contributed by atoms with van der Waals surface area (Å²) in [5.74, 6) is 1.80. The van der Waals surface area contributed by atoms with Crippen LogP contribution in [0, 0.1) is 5.92 Å². The van der Waals surface area contributed by atoms with Gasteiger partial charge in [0, 0.05) is 5.75 Å². The van der Waals surface area contributed by atoms with Gasteiger partial charge in [0.15, 0.2) is 0 Å². The predicted molar refractivity (Wildman–Crippen MR) is 50.4 cm³/mol. The van der Waals surface area contributed by atoms with Gasteiger partial charge in [-0.15, -0.1) is 0 Å². The Labute approximate surface area is 70.8 Å². The molecule has 1 unspecified atom stereocenters. The van der Waals surface area contributed by atoms with Crippen molar-refractivity contribution in [1.29, 1.82) is 0 Å². The van der Waals surface area contributed by atoms with Crippen LogP contribution in [0.4, 0.5) is 0 Å². The molecule has 0 spiro atoms. The second-order valence-corrected chi connectivity index (χ2v) is 3.50. The predicted octanol–water partition coefficient (Wildman–Crippen LogP) is 3.79. The van der Waals surface area contributed by atoms with Crippen LogP contribution in [0.3, 0.4) is 0 Å². The molecule has 0 heterocycles. The van der Waals surface area contributed by atoms with Crippen molar-refractivity contribution >= 4 is 12.6 Å². The van der Waals surface area contributed by atoms with Gasteiger partial charge in [0.1, 0.15) is 0 Å². The Morgan fingerprint density at radius 1 is 1.20 bits per heavy atom. The van der Waals surface area contributed by atoms with Crippen molar-refractivity contribution in [2.45, 2.75) is 46.0 Å². The molecule has 0 aliphatic carbocycles. The van der Waals surface area contributed by atoms with Gasteiger partial charge in [-0.2, -0.15) is 0 Å². The van der Waals surface area contributed by atoms with Crippen LogP contribution in [-0.2, 0) is 0 Å². The Kier molecular flexibility index (Phi) is 7.72. The largest absolute Gasteiger partial charge is 0.0941 e. The number of hydrogen-bond donors (Lipinski definition) is 0. The van der Waals surface area contributed by atoms with Crippen molar-refractivity contribution in [1.82, 2.24) is 0 Å². The molecule has 0 aliphatic rings. The van der Waals surface area contributed by atoms with Crippen molar-refractivity contribution in [3.8, 4) is 0 Å². The van der Waals surface area contributed by atoms with Crippen LogP contribution in [0.5, 0.6) is 0 Å². The van der Waals surface area contributed by atoms with E-state index in [1.54, 1.807) is 0 Å². The molecular formula is C9H19S. The summed E-state index contributed by atoms with van der Waals surface area (Å²) in [4.78, 5) is 0. The summed E-state index contributed by atoms with van der Waals surface area (Å²) in [6, 6.07) is 0. The minimum absolute atomic E-state index is 0.865. The quantitative estimate of drug-likeness (QED) is 0.517. The lowest BCUT2D eigenvalue weighted by atomic mass is 10.0. The van der Waals surface area contributed by atoms with Crippen molar-refractivity contribution < 1.29 is 0 Å². The smallest absolute Gasteiger partial charge is 0.00394 e. The van der Waals surface area contributed by atoms with Crippen LogP contribution in [-0.4, -0.2) is 5.75 Å². The third kappa shape index (κ3) is 6.47. The van der Waals surface area contributed by atoms with Gasteiger partial charge in [0.25, 0.3) is 0 Å². The Bertz CT molecular complexity index is 61.7. The second-order valence-electron chi connectivity index (χ2n) is 3.09. The van der Waals surface area contributed by atoms with Gasteiger partial charge in [-0.1, -0.05) is 52.2 Å². The number of hydrogen-bond acceptors (Lipinski definition) is 0. The molecule has 0 saturated heterocycles. The zero-order valence-corrected chi connectivity index (χ0v) is 8.04. The summed E-state index contributed by atoms with van der Waals surface area (Å²) in [6.45, 7) is 4.56. The molecule has 1 atom stereocenters. The van der Waals surface area contributed by atoms with Gasteiger partial charge in [0.05, 0.1) is 0 Å². The van der Waals surface area contributed by atoms with Crippen LogP contribution in [0.25, 0.3) is 0 Å². The molecule has 0 nitrogen and oxygen atoms in total. The van der Waals surface area contributed by atoms with E-state index < -0.39 is 0 Å². The van der Waals surface area contributed by atoms with Crippen LogP contribution in [0.1, 0.15) is 46.0 Å². The maximum Gasteiger partial charge on any atom is 0.00394 e. The van der Waals surface area contributed by atoms with Gasteiger partial charge >= 0.3 is 0 Å². The van der Waals surface area contributed by atoms with Crippen molar-refractivity contribution in [3.63, 3.8) is 0 Å². The van der Waals surface area contributed by atoms with Crippen LogP contribution >= 0.6 is 12.6 Å². The minimum atomic E-state index is 0.865. The monoisotopic (exact) mass is 159 g/mol. The topological polar surface area (TPSA) is 0 Å². The zero-order chi connectivity index (χ0) is 7.82. The summed E-state index contributed by atoms with van der Waals surface area (Å²) in [7, 11) is 0. The number of rotatable bonds is 6. The van der Waals surface area contributed by atoms with Crippen LogP contribution in [0.2, 0.25) is 0 Å². The highest BCUT2D eigenvalue weighted by atomic mass is 32.1. The molecule has 0 fully saturated rings. The first kappa shape index (κ1) is 10.3. The first-order valence-electron chi connectivity index (χ1n) is 4.39. The van der Waals surface area contributed by atoms with E-state index in [-0.39, 0.29) is 0 Å². The SMILES string of the molecule is CCCCCC(C)CC[S]. The van der Waals surface area contributed by atoms with E-state index in [2.05, 4.69) is 13.8 Å². The average Bonchev–Trinajstić information content (AvgIpc) is 1.89. The third-order valence-corrected chi connectivity index (χ3v) is 2.15. The van der Waals surface area contributed by atoms with Gasteiger partial charge in [-0.05, 0) is 12.3 Å². The molecule has 1 heteroatoms. The lowest BCUT2D eigenvalue weighted by molar-refractivity contribution is 0.486. The van der Waals surface area contributed by atoms with Gasteiger partial charge in [0.2, 0.25) is 0 Å². The maximum atomic E-state index is 4.91. The molecule has 0 aromatic rings. The highest BCUT2D eigenvalue weighted by Gasteiger charge is 1.98. The molecule has 0 aromatic heterocycles. The molecule has 0 aliphatic heterocycles. The van der Waals surface area contributed by atoms with E-state index in [1.165, 1.54) is 32.1 Å². The molecule has 0 saturated carbocycles. The third-order valence-electron chi connectivity index (χ3n) is 1.91. The number of unbranched alkanes of at least 4 members (excludes halogenated alkanes) is 2. The van der Waals surface area contributed by atoms with Crippen molar-refractivity contribution in [3.05, 3.63) is 0 Å². The fourth-order valence-corrected chi connectivity index (χ4v) is 1.49. The highest BCUT2D eigenvalue weighted by Crippen LogP contribution is 2.12. The van der Waals surface area contributed by atoms with E-state index in [0.29, 0.717) is 0 Å². The average molecular weight is 159 g/mol. The Balaban J connectivity index is 2.97. The molecule has 0 amide bonds. The maximum absolute atomic E-state index is 4.91. The Morgan fingerprint density at radius 3 is 2.40 bits per heavy atom. The molecule has 10 heavy (non-hydrogen) atoms. The minimum Gasteiger partial charge on any atom is -0.0941 e. The first-order chi connectivity index (χ1) is 4.81. The Hall–Kier alpha value is 0.350.